The summed E-state index contributed by atoms with van der Waals surface area (Å²) in [5.41, 5.74) is 1.28. The predicted octanol–water partition coefficient (Wildman–Crippen LogP) is 2.98. The molecule has 0 saturated heterocycles. The molecule has 0 radical (unpaired) electrons. The first-order chi connectivity index (χ1) is 10.8. The second-order valence-corrected chi connectivity index (χ2v) is 6.26. The van der Waals surface area contributed by atoms with E-state index in [-0.39, 0.29) is 0 Å². The van der Waals surface area contributed by atoms with Gasteiger partial charge in [0.25, 0.3) is 0 Å². The molecule has 0 aromatic carbocycles. The van der Waals surface area contributed by atoms with E-state index >= 15 is 0 Å². The Balaban J connectivity index is 1.67. The number of nitrogens with zero attached hydrogens (tertiary/aromatic N) is 5. The minimum absolute atomic E-state index is 0.618. The van der Waals surface area contributed by atoms with Crippen LogP contribution in [0.25, 0.3) is 0 Å². The van der Waals surface area contributed by atoms with Crippen LogP contribution >= 0.6 is 0 Å². The minimum atomic E-state index is 0.618. The first-order valence-electron chi connectivity index (χ1n) is 8.27. The molecule has 22 heavy (non-hydrogen) atoms. The third-order valence-electron chi connectivity index (χ3n) is 4.04. The van der Waals surface area contributed by atoms with Crippen LogP contribution in [-0.4, -0.2) is 31.7 Å². The summed E-state index contributed by atoms with van der Waals surface area (Å²) >= 11 is 0. The lowest BCUT2D eigenvalue weighted by Gasteiger charge is -2.16. The molecule has 2 heterocycles. The summed E-state index contributed by atoms with van der Waals surface area (Å²) in [4.78, 5) is 11.2. The average molecular weight is 299 g/mol. The molecule has 3 rings (SSSR count). The fourth-order valence-electron chi connectivity index (χ4n) is 2.61. The third kappa shape index (κ3) is 3.91. The number of rotatable bonds is 8. The molecule has 118 valence electrons. The highest BCUT2D eigenvalue weighted by atomic mass is 15.4. The number of aromatic nitrogens is 4. The highest BCUT2D eigenvalue weighted by Gasteiger charge is 2.29. The van der Waals surface area contributed by atoms with E-state index in [1.807, 2.05) is 12.4 Å². The Kier molecular flexibility index (Phi) is 4.83. The molecule has 0 spiro atoms. The van der Waals surface area contributed by atoms with Crippen LogP contribution in [0.2, 0.25) is 0 Å². The lowest BCUT2D eigenvalue weighted by Crippen LogP contribution is -2.20. The van der Waals surface area contributed by atoms with Crippen LogP contribution in [0.5, 0.6) is 0 Å². The fourth-order valence-corrected chi connectivity index (χ4v) is 2.61. The Morgan fingerprint density at radius 3 is 2.68 bits per heavy atom. The molecule has 2 aromatic heterocycles. The standard InChI is InChI=1S/C17H25N5/c1-3-4-11-22-16(19-17(20-22)15-5-6-15)13-21(2)12-14-7-9-18-10-8-14/h7-10,15H,3-6,11-13H2,1-2H3. The smallest absolute Gasteiger partial charge is 0.154 e. The van der Waals surface area contributed by atoms with Crippen LogP contribution in [0, 0.1) is 0 Å². The highest BCUT2D eigenvalue weighted by molar-refractivity contribution is 5.10. The lowest BCUT2D eigenvalue weighted by molar-refractivity contribution is 0.301. The van der Waals surface area contributed by atoms with Crippen molar-refractivity contribution in [3.8, 4) is 0 Å². The van der Waals surface area contributed by atoms with Crippen molar-refractivity contribution in [3.63, 3.8) is 0 Å². The van der Waals surface area contributed by atoms with Gasteiger partial charge in [-0.3, -0.25) is 9.88 Å². The molecule has 2 aromatic rings. The number of unbranched alkanes of at least 4 members (excludes halogenated alkanes) is 1. The van der Waals surface area contributed by atoms with E-state index in [0.29, 0.717) is 5.92 Å². The van der Waals surface area contributed by atoms with Gasteiger partial charge in [-0.05, 0) is 44.0 Å². The largest absolute Gasteiger partial charge is 0.295 e. The molecular weight excluding hydrogens is 274 g/mol. The van der Waals surface area contributed by atoms with Crippen molar-refractivity contribution < 1.29 is 0 Å². The van der Waals surface area contributed by atoms with Gasteiger partial charge >= 0.3 is 0 Å². The normalized spacial score (nSPS) is 14.7. The second-order valence-electron chi connectivity index (χ2n) is 6.26. The minimum Gasteiger partial charge on any atom is -0.295 e. The second kappa shape index (κ2) is 7.01. The van der Waals surface area contributed by atoms with Crippen molar-refractivity contribution in [3.05, 3.63) is 41.7 Å². The molecular formula is C17H25N5. The van der Waals surface area contributed by atoms with Crippen LogP contribution in [0.15, 0.2) is 24.5 Å². The van der Waals surface area contributed by atoms with E-state index in [2.05, 4.69) is 40.7 Å². The van der Waals surface area contributed by atoms with Gasteiger partial charge in [-0.15, -0.1) is 0 Å². The Morgan fingerprint density at radius 1 is 1.23 bits per heavy atom. The van der Waals surface area contributed by atoms with Gasteiger partial charge < -0.3 is 0 Å². The van der Waals surface area contributed by atoms with E-state index in [0.717, 1.165) is 37.7 Å². The van der Waals surface area contributed by atoms with Gasteiger partial charge in [0.1, 0.15) is 5.82 Å². The van der Waals surface area contributed by atoms with Gasteiger partial charge in [-0.2, -0.15) is 5.10 Å². The predicted molar refractivity (Wildman–Crippen MR) is 86.3 cm³/mol. The van der Waals surface area contributed by atoms with Crippen LogP contribution < -0.4 is 0 Å². The summed E-state index contributed by atoms with van der Waals surface area (Å²) in [7, 11) is 2.13. The Labute approximate surface area is 132 Å². The van der Waals surface area contributed by atoms with Crippen LogP contribution in [0.3, 0.4) is 0 Å². The summed E-state index contributed by atoms with van der Waals surface area (Å²) < 4.78 is 2.13. The van der Waals surface area contributed by atoms with E-state index < -0.39 is 0 Å². The number of hydrogen-bond acceptors (Lipinski definition) is 4. The molecule has 0 unspecified atom stereocenters. The van der Waals surface area contributed by atoms with Crippen molar-refractivity contribution in [2.75, 3.05) is 7.05 Å². The SMILES string of the molecule is CCCCn1nc(C2CC2)nc1CN(C)Cc1ccncc1. The maximum atomic E-state index is 4.80. The summed E-state index contributed by atoms with van der Waals surface area (Å²) in [6.45, 7) is 4.94. The number of pyridine rings is 1. The van der Waals surface area contributed by atoms with Gasteiger partial charge in [0.2, 0.25) is 0 Å². The van der Waals surface area contributed by atoms with Crippen molar-refractivity contribution in [2.24, 2.45) is 0 Å². The Hall–Kier alpha value is -1.75. The molecule has 0 aliphatic heterocycles. The summed E-state index contributed by atoms with van der Waals surface area (Å²) in [5, 5.41) is 4.74. The zero-order valence-electron chi connectivity index (χ0n) is 13.6. The molecule has 1 saturated carbocycles. The Morgan fingerprint density at radius 2 is 2.00 bits per heavy atom. The van der Waals surface area contributed by atoms with Crippen molar-refractivity contribution >= 4 is 0 Å². The molecule has 0 N–H and O–H groups in total. The van der Waals surface area contributed by atoms with Crippen molar-refractivity contribution in [1.82, 2.24) is 24.6 Å². The molecule has 0 amide bonds. The van der Waals surface area contributed by atoms with E-state index in [9.17, 15) is 0 Å². The fraction of sp³-hybridized carbons (Fsp3) is 0.588. The Bertz CT molecular complexity index is 588. The van der Waals surface area contributed by atoms with Crippen molar-refractivity contribution in [1.29, 1.82) is 0 Å². The number of aryl methyl sites for hydroxylation is 1. The van der Waals surface area contributed by atoms with Crippen LogP contribution in [-0.2, 0) is 19.6 Å². The molecule has 1 aliphatic carbocycles. The van der Waals surface area contributed by atoms with Gasteiger partial charge in [-0.1, -0.05) is 13.3 Å². The topological polar surface area (TPSA) is 46.8 Å². The summed E-state index contributed by atoms with van der Waals surface area (Å²) in [6.07, 6.45) is 8.55. The maximum absolute atomic E-state index is 4.80. The summed E-state index contributed by atoms with van der Waals surface area (Å²) in [6, 6.07) is 4.13. The summed E-state index contributed by atoms with van der Waals surface area (Å²) in [5.74, 6) is 2.78. The molecule has 0 atom stereocenters. The van der Waals surface area contributed by atoms with Gasteiger partial charge in [-0.25, -0.2) is 9.67 Å². The number of hydrogen-bond donors (Lipinski definition) is 0. The lowest BCUT2D eigenvalue weighted by atomic mass is 10.2. The third-order valence-corrected chi connectivity index (χ3v) is 4.04. The highest BCUT2D eigenvalue weighted by Crippen LogP contribution is 2.38. The monoisotopic (exact) mass is 299 g/mol. The average Bonchev–Trinajstić information content (AvgIpc) is 3.29. The van der Waals surface area contributed by atoms with Crippen LogP contribution in [0.1, 0.15) is 55.7 Å². The zero-order chi connectivity index (χ0) is 15.4. The molecule has 5 heteroatoms. The van der Waals surface area contributed by atoms with Gasteiger partial charge in [0.05, 0.1) is 6.54 Å². The van der Waals surface area contributed by atoms with E-state index in [1.165, 1.54) is 24.8 Å². The van der Waals surface area contributed by atoms with E-state index in [1.54, 1.807) is 0 Å². The van der Waals surface area contributed by atoms with Crippen molar-refractivity contribution in [2.45, 2.75) is 58.2 Å². The zero-order valence-corrected chi connectivity index (χ0v) is 13.6. The van der Waals surface area contributed by atoms with Gasteiger partial charge in [0.15, 0.2) is 5.82 Å². The van der Waals surface area contributed by atoms with Crippen LogP contribution in [0.4, 0.5) is 0 Å². The quantitative estimate of drug-likeness (QED) is 0.752. The first kappa shape index (κ1) is 15.2. The molecule has 1 aliphatic rings. The maximum Gasteiger partial charge on any atom is 0.154 e. The first-order valence-corrected chi connectivity index (χ1v) is 8.27. The van der Waals surface area contributed by atoms with Gasteiger partial charge in [0, 0.05) is 31.4 Å². The molecule has 5 nitrogen and oxygen atoms in total. The molecule has 1 fully saturated rings. The molecule has 0 bridgehead atoms. The van der Waals surface area contributed by atoms with E-state index in [4.69, 9.17) is 10.1 Å².